The van der Waals surface area contributed by atoms with Crippen LogP contribution in [-0.2, 0) is 4.74 Å². The van der Waals surface area contributed by atoms with Crippen LogP contribution in [0.15, 0.2) is 4.99 Å². The van der Waals surface area contributed by atoms with E-state index in [-0.39, 0.29) is 12.1 Å². The van der Waals surface area contributed by atoms with Gasteiger partial charge in [0.05, 0.1) is 0 Å². The van der Waals surface area contributed by atoms with Crippen molar-refractivity contribution in [1.29, 1.82) is 0 Å². The van der Waals surface area contributed by atoms with Crippen LogP contribution in [0.25, 0.3) is 0 Å². The molecule has 1 heterocycles. The fourth-order valence-electron chi connectivity index (χ4n) is 2.73. The summed E-state index contributed by atoms with van der Waals surface area (Å²) in [7, 11) is 3.61. The van der Waals surface area contributed by atoms with Gasteiger partial charge in [-0.3, -0.25) is 4.99 Å². The van der Waals surface area contributed by atoms with Crippen molar-refractivity contribution in [3.8, 4) is 0 Å². The van der Waals surface area contributed by atoms with Gasteiger partial charge in [0.1, 0.15) is 5.60 Å². The van der Waals surface area contributed by atoms with Gasteiger partial charge < -0.3 is 19.9 Å². The van der Waals surface area contributed by atoms with E-state index in [0.29, 0.717) is 5.41 Å². The highest BCUT2D eigenvalue weighted by molar-refractivity contribution is 5.80. The van der Waals surface area contributed by atoms with Crippen LogP contribution in [0, 0.1) is 5.41 Å². The molecule has 140 valence electrons. The maximum atomic E-state index is 12.1. The van der Waals surface area contributed by atoms with E-state index < -0.39 is 5.60 Å². The van der Waals surface area contributed by atoms with Gasteiger partial charge in [0.15, 0.2) is 5.96 Å². The van der Waals surface area contributed by atoms with Gasteiger partial charge in [-0.2, -0.15) is 0 Å². The number of amides is 1. The average molecular weight is 341 g/mol. The van der Waals surface area contributed by atoms with Gasteiger partial charge in [0.2, 0.25) is 0 Å². The topological polar surface area (TPSA) is 57.2 Å². The summed E-state index contributed by atoms with van der Waals surface area (Å²) < 4.78 is 5.41. The van der Waals surface area contributed by atoms with E-state index in [9.17, 15) is 4.79 Å². The Bertz CT molecular complexity index is 454. The van der Waals surface area contributed by atoms with E-state index in [1.54, 1.807) is 11.9 Å². The van der Waals surface area contributed by atoms with Gasteiger partial charge in [-0.05, 0) is 46.0 Å². The van der Waals surface area contributed by atoms with Gasteiger partial charge in [-0.15, -0.1) is 0 Å². The molecule has 0 radical (unpaired) electrons. The minimum absolute atomic E-state index is 0.0977. The number of likely N-dealkylation sites (tertiary alicyclic amines) is 1. The van der Waals surface area contributed by atoms with Gasteiger partial charge in [-0.1, -0.05) is 13.8 Å². The van der Waals surface area contributed by atoms with Crippen molar-refractivity contribution in [2.75, 3.05) is 33.7 Å². The lowest BCUT2D eigenvalue weighted by atomic mass is 9.93. The molecule has 0 aromatic carbocycles. The van der Waals surface area contributed by atoms with E-state index in [1.165, 1.54) is 6.42 Å². The first-order valence-corrected chi connectivity index (χ1v) is 8.86. The van der Waals surface area contributed by atoms with E-state index in [0.717, 1.165) is 32.0 Å². The summed E-state index contributed by atoms with van der Waals surface area (Å²) in [5, 5.41) is 3.42. The minimum Gasteiger partial charge on any atom is -0.444 e. The average Bonchev–Trinajstić information content (AvgIpc) is 2.80. The highest BCUT2D eigenvalue weighted by Gasteiger charge is 2.31. The molecule has 6 nitrogen and oxygen atoms in total. The van der Waals surface area contributed by atoms with Gasteiger partial charge in [0, 0.05) is 39.8 Å². The number of carbonyl (C=O) groups is 1. The Morgan fingerprint density at radius 3 is 2.50 bits per heavy atom. The second-order valence-electron chi connectivity index (χ2n) is 8.54. The molecule has 1 atom stereocenters. The van der Waals surface area contributed by atoms with Crippen molar-refractivity contribution in [2.24, 2.45) is 10.4 Å². The fraction of sp³-hybridized carbons (Fsp3) is 0.889. The molecule has 24 heavy (non-hydrogen) atoms. The van der Waals surface area contributed by atoms with Gasteiger partial charge >= 0.3 is 6.09 Å². The minimum atomic E-state index is -0.464. The molecule has 1 N–H and O–H groups in total. The number of hydrogen-bond acceptors (Lipinski definition) is 3. The van der Waals surface area contributed by atoms with Crippen LogP contribution in [0.3, 0.4) is 0 Å². The summed E-state index contributed by atoms with van der Waals surface area (Å²) in [5.74, 6) is 0.952. The third kappa shape index (κ3) is 6.57. The van der Waals surface area contributed by atoms with Crippen molar-refractivity contribution in [2.45, 2.75) is 66.0 Å². The predicted molar refractivity (Wildman–Crippen MR) is 99.4 cm³/mol. The molecular weight excluding hydrogens is 304 g/mol. The standard InChI is InChI=1S/C18H36N4O2/c1-14(21(8)16(23)24-17(2,3)4)9-11-20-15(19-7)22-12-10-18(5,6)13-22/h14H,9-13H2,1-8H3,(H,19,20). The van der Waals surface area contributed by atoms with Crippen molar-refractivity contribution in [3.05, 3.63) is 0 Å². The molecule has 1 amide bonds. The Morgan fingerprint density at radius 2 is 2.04 bits per heavy atom. The lowest BCUT2D eigenvalue weighted by Crippen LogP contribution is -2.44. The number of guanidine groups is 1. The Hall–Kier alpha value is -1.46. The van der Waals surface area contributed by atoms with Crippen LogP contribution in [0.1, 0.15) is 54.4 Å². The Morgan fingerprint density at radius 1 is 1.42 bits per heavy atom. The summed E-state index contributed by atoms with van der Waals surface area (Å²) in [4.78, 5) is 20.4. The molecule has 0 aliphatic carbocycles. The lowest BCUT2D eigenvalue weighted by Gasteiger charge is -2.29. The van der Waals surface area contributed by atoms with Crippen LogP contribution in [0.5, 0.6) is 0 Å². The first-order chi connectivity index (χ1) is 10.9. The molecule has 0 spiro atoms. The summed E-state index contributed by atoms with van der Waals surface area (Å²) >= 11 is 0. The molecule has 6 heteroatoms. The summed E-state index contributed by atoms with van der Waals surface area (Å²) in [5.41, 5.74) is -0.115. The lowest BCUT2D eigenvalue weighted by molar-refractivity contribution is 0.0230. The van der Waals surface area contributed by atoms with E-state index in [2.05, 4.69) is 29.1 Å². The molecule has 1 rings (SSSR count). The van der Waals surface area contributed by atoms with E-state index in [4.69, 9.17) is 4.74 Å². The molecule has 1 aliphatic heterocycles. The molecule has 0 saturated carbocycles. The molecule has 1 aliphatic rings. The second-order valence-corrected chi connectivity index (χ2v) is 8.54. The molecule has 1 unspecified atom stereocenters. The Labute approximate surface area is 147 Å². The highest BCUT2D eigenvalue weighted by atomic mass is 16.6. The number of carbonyl (C=O) groups excluding carboxylic acids is 1. The Balaban J connectivity index is 2.41. The molecule has 0 aromatic rings. The highest BCUT2D eigenvalue weighted by Crippen LogP contribution is 2.28. The largest absolute Gasteiger partial charge is 0.444 e. The number of rotatable bonds is 4. The number of nitrogens with one attached hydrogen (secondary N) is 1. The van der Waals surface area contributed by atoms with Crippen molar-refractivity contribution in [3.63, 3.8) is 0 Å². The fourth-order valence-corrected chi connectivity index (χ4v) is 2.73. The zero-order valence-electron chi connectivity index (χ0n) is 16.8. The van der Waals surface area contributed by atoms with Crippen molar-refractivity contribution < 1.29 is 9.53 Å². The van der Waals surface area contributed by atoms with Crippen molar-refractivity contribution in [1.82, 2.24) is 15.1 Å². The van der Waals surface area contributed by atoms with Gasteiger partial charge in [0.25, 0.3) is 0 Å². The summed E-state index contributed by atoms with van der Waals surface area (Å²) in [6, 6.07) is 0.0977. The van der Waals surface area contributed by atoms with Crippen LogP contribution in [-0.4, -0.2) is 67.2 Å². The molecule has 1 fully saturated rings. The smallest absolute Gasteiger partial charge is 0.410 e. The maximum Gasteiger partial charge on any atom is 0.410 e. The number of ether oxygens (including phenoxy) is 1. The first kappa shape index (κ1) is 20.6. The zero-order valence-corrected chi connectivity index (χ0v) is 16.8. The second kappa shape index (κ2) is 8.08. The number of nitrogens with zero attached hydrogens (tertiary/aromatic N) is 3. The molecule has 1 saturated heterocycles. The predicted octanol–water partition coefficient (Wildman–Crippen LogP) is 2.94. The quantitative estimate of drug-likeness (QED) is 0.631. The molecule has 0 aromatic heterocycles. The normalized spacial score (nSPS) is 19.2. The molecule has 0 bridgehead atoms. The summed E-state index contributed by atoms with van der Waals surface area (Å²) in [6.45, 7) is 15.1. The third-order valence-electron chi connectivity index (χ3n) is 4.38. The van der Waals surface area contributed by atoms with Crippen LogP contribution in [0.4, 0.5) is 4.79 Å². The first-order valence-electron chi connectivity index (χ1n) is 8.86. The van der Waals surface area contributed by atoms with E-state index >= 15 is 0 Å². The van der Waals surface area contributed by atoms with E-state index in [1.807, 2.05) is 34.7 Å². The third-order valence-corrected chi connectivity index (χ3v) is 4.38. The SMILES string of the molecule is CN=C(NCCC(C)N(C)C(=O)OC(C)(C)C)N1CCC(C)(C)C1. The van der Waals surface area contributed by atoms with Crippen LogP contribution >= 0.6 is 0 Å². The molecular formula is C18H36N4O2. The van der Waals surface area contributed by atoms with Crippen molar-refractivity contribution >= 4 is 12.1 Å². The number of hydrogen-bond donors (Lipinski definition) is 1. The van der Waals surface area contributed by atoms with Crippen LogP contribution < -0.4 is 5.32 Å². The Kier molecular flexibility index (Phi) is 6.93. The number of aliphatic imine (C=N–C) groups is 1. The van der Waals surface area contributed by atoms with Gasteiger partial charge in [-0.25, -0.2) is 4.79 Å². The zero-order chi connectivity index (χ0) is 18.5. The van der Waals surface area contributed by atoms with Crippen LogP contribution in [0.2, 0.25) is 0 Å². The maximum absolute atomic E-state index is 12.1. The monoisotopic (exact) mass is 340 g/mol. The summed E-state index contributed by atoms with van der Waals surface area (Å²) in [6.07, 6.45) is 1.75.